The largest absolute Gasteiger partial charge is 0.512 e. The van der Waals surface area contributed by atoms with E-state index in [0.717, 1.165) is 0 Å². The molecule has 21 valence electrons. The van der Waals surface area contributed by atoms with Gasteiger partial charge in [0.25, 0.3) is 0 Å². The maximum atomic E-state index is 6.25. The normalized spacial score (nSPS) is 0.500. The van der Waals surface area contributed by atoms with E-state index in [1.165, 1.54) is 0 Å². The van der Waals surface area contributed by atoms with Gasteiger partial charge in [0.2, 0.25) is 0 Å². The summed E-state index contributed by atoms with van der Waals surface area (Å²) in [5.41, 5.74) is 0. The first-order chi connectivity index (χ1) is 1.00. The van der Waals surface area contributed by atoms with Crippen LogP contribution in [0.4, 0.5) is 0 Å². The van der Waals surface area contributed by atoms with Crippen LogP contribution in [0.2, 0.25) is 0 Å². The minimum Gasteiger partial charge on any atom is -0.512 e. The molecule has 0 aliphatic carbocycles. The second-order valence-corrected chi connectivity index (χ2v) is 0. The van der Waals surface area contributed by atoms with Gasteiger partial charge in [-0.25, -0.2) is 0 Å². The molecule has 0 atom stereocenters. The summed E-state index contributed by atoms with van der Waals surface area (Å²) in [7, 11) is 0. The van der Waals surface area contributed by atoms with Gasteiger partial charge in [-0.1, -0.05) is 0 Å². The van der Waals surface area contributed by atoms with E-state index >= 15 is 0 Å². The van der Waals surface area contributed by atoms with E-state index in [9.17, 15) is 0 Å². The van der Waals surface area contributed by atoms with Crippen molar-refractivity contribution in [3.8, 4) is 0 Å². The summed E-state index contributed by atoms with van der Waals surface area (Å²) in [6.07, 6.45) is 0. The van der Waals surface area contributed by atoms with E-state index in [-0.39, 0.29) is 52.7 Å². The minimum atomic E-state index is 0. The van der Waals surface area contributed by atoms with Gasteiger partial charge in [0, 0.05) is 52.7 Å². The molecule has 0 unspecified atom stereocenters. The van der Waals surface area contributed by atoms with Crippen molar-refractivity contribution in [2.75, 3.05) is 0 Å². The van der Waals surface area contributed by atoms with Crippen molar-refractivity contribution in [3.05, 3.63) is 6.57 Å². The van der Waals surface area contributed by atoms with Gasteiger partial charge in [-0.3, -0.25) is 0 Å². The van der Waals surface area contributed by atoms with Gasteiger partial charge in [-0.2, -0.15) is 0 Å². The standard InChI is InChI=1S/CN.Fe.La/c1-2;;/q-1;;. The van der Waals surface area contributed by atoms with Crippen LogP contribution in [0.15, 0.2) is 0 Å². The molecule has 0 N–H and O–H groups in total. The molecule has 3 heteroatoms. The van der Waals surface area contributed by atoms with Gasteiger partial charge in [-0.15, -0.1) is 0 Å². The molecule has 0 bridgehead atoms. The molecule has 0 rings (SSSR count). The van der Waals surface area contributed by atoms with E-state index in [1.807, 2.05) is 0 Å². The smallest absolute Gasteiger partial charge is 0 e. The Bertz CT molecular complexity index is 12.8. The Kier molecular flexibility index (Phi) is 141. The first kappa shape index (κ1) is 18.9. The molecule has 1 radical (unpaired) electrons. The SMILES string of the molecule is [C-]#N.[Fe].[La]. The number of hydrogen-bond acceptors (Lipinski definition) is 1. The quantitative estimate of drug-likeness (QED) is 0.420. The van der Waals surface area contributed by atoms with Crippen molar-refractivity contribution >= 4 is 0 Å². The van der Waals surface area contributed by atoms with Gasteiger partial charge in [-0.05, 0) is 0 Å². The molecule has 0 spiro atoms. The summed E-state index contributed by atoms with van der Waals surface area (Å²) in [5.74, 6) is 0. The molecule has 0 saturated carbocycles. The average Bonchev–Trinajstić information content (AvgIpc) is 1.00. The van der Waals surface area contributed by atoms with Crippen LogP contribution < -0.4 is 0 Å². The zero-order chi connectivity index (χ0) is 2.00. The molecule has 0 saturated heterocycles. The minimum absolute atomic E-state index is 0. The Morgan fingerprint density at radius 2 is 1.25 bits per heavy atom. The molecule has 1 nitrogen and oxygen atoms in total. The summed E-state index contributed by atoms with van der Waals surface area (Å²) in [6, 6.07) is 0. The van der Waals surface area contributed by atoms with Crippen LogP contribution >= 0.6 is 0 Å². The van der Waals surface area contributed by atoms with Gasteiger partial charge in [0.15, 0.2) is 0 Å². The third kappa shape index (κ3) is 10.7. The van der Waals surface area contributed by atoms with Crippen LogP contribution in [0.5, 0.6) is 0 Å². The molecule has 0 heterocycles. The molecule has 0 aliphatic heterocycles. The van der Waals surface area contributed by atoms with Crippen LogP contribution in [-0.2, 0) is 17.1 Å². The summed E-state index contributed by atoms with van der Waals surface area (Å²) in [6.45, 7) is 4.75. The third-order valence-electron chi connectivity index (χ3n) is 0. The first-order valence-electron chi connectivity index (χ1n) is 0.224. The topological polar surface area (TPSA) is 23.8 Å². The van der Waals surface area contributed by atoms with E-state index in [2.05, 4.69) is 0 Å². The van der Waals surface area contributed by atoms with Crippen LogP contribution in [0.1, 0.15) is 0 Å². The van der Waals surface area contributed by atoms with Crippen LogP contribution in [0.25, 0.3) is 0 Å². The van der Waals surface area contributed by atoms with Crippen molar-refractivity contribution in [3.63, 3.8) is 0 Å². The molecular weight excluding hydrogens is 221 g/mol. The molecule has 0 aliphatic rings. The fourth-order valence-corrected chi connectivity index (χ4v) is 0. The van der Waals surface area contributed by atoms with E-state index in [0.29, 0.717) is 0 Å². The second kappa shape index (κ2) is 29.8. The van der Waals surface area contributed by atoms with Crippen LogP contribution in [-0.4, -0.2) is 0 Å². The number of rotatable bonds is 0. The second-order valence-electron chi connectivity index (χ2n) is 0. The molecule has 0 aromatic rings. The Morgan fingerprint density at radius 1 is 1.25 bits per heavy atom. The van der Waals surface area contributed by atoms with Crippen molar-refractivity contribution in [1.82, 2.24) is 0 Å². The maximum absolute atomic E-state index is 6.25. The molecule has 0 aromatic heterocycles. The fraction of sp³-hybridized carbons (Fsp3) is 0. The molecule has 0 fully saturated rings. The molecular formula is CFeLaN-. The van der Waals surface area contributed by atoms with Crippen LogP contribution in [0.3, 0.4) is 0 Å². The van der Waals surface area contributed by atoms with Crippen LogP contribution in [0, 0.1) is 47.4 Å². The van der Waals surface area contributed by atoms with Crippen molar-refractivity contribution in [2.24, 2.45) is 0 Å². The predicted octanol–water partition coefficient (Wildman–Crippen LogP) is 0.0939. The van der Waals surface area contributed by atoms with Crippen molar-refractivity contribution in [1.29, 1.82) is 5.26 Å². The Morgan fingerprint density at radius 3 is 1.25 bits per heavy atom. The average molecular weight is 221 g/mol. The van der Waals surface area contributed by atoms with E-state index in [4.69, 9.17) is 11.8 Å². The predicted molar refractivity (Wildman–Crippen MR) is 4.97 cm³/mol. The number of hydrogen-bond donors (Lipinski definition) is 0. The van der Waals surface area contributed by atoms with Crippen molar-refractivity contribution < 1.29 is 52.7 Å². The summed E-state index contributed by atoms with van der Waals surface area (Å²) < 4.78 is 0. The number of nitrogens with zero attached hydrogens (tertiary/aromatic N) is 1. The van der Waals surface area contributed by atoms with Gasteiger partial charge < -0.3 is 11.8 Å². The summed E-state index contributed by atoms with van der Waals surface area (Å²) >= 11 is 0. The molecule has 4 heavy (non-hydrogen) atoms. The van der Waals surface area contributed by atoms with E-state index in [1.54, 1.807) is 0 Å². The van der Waals surface area contributed by atoms with Gasteiger partial charge in [0.1, 0.15) is 0 Å². The first-order valence-corrected chi connectivity index (χ1v) is 0.224. The Labute approximate surface area is 63.8 Å². The van der Waals surface area contributed by atoms with Crippen molar-refractivity contribution in [2.45, 2.75) is 0 Å². The molecule has 0 aromatic carbocycles. The zero-order valence-corrected chi connectivity index (χ0v) is 6.61. The summed E-state index contributed by atoms with van der Waals surface area (Å²) in [4.78, 5) is 0. The monoisotopic (exact) mass is 221 g/mol. The Hall–Kier alpha value is 1.20. The fourth-order valence-electron chi connectivity index (χ4n) is 0. The zero-order valence-electron chi connectivity index (χ0n) is 1.88. The Balaban J connectivity index is -0.00000000500. The van der Waals surface area contributed by atoms with Gasteiger partial charge in [0.05, 0.1) is 0 Å². The molecule has 0 amide bonds. The third-order valence-corrected chi connectivity index (χ3v) is 0. The maximum Gasteiger partial charge on any atom is 0 e. The summed E-state index contributed by atoms with van der Waals surface area (Å²) in [5, 5.41) is 6.25. The van der Waals surface area contributed by atoms with E-state index < -0.39 is 0 Å². The van der Waals surface area contributed by atoms with Gasteiger partial charge >= 0.3 is 0 Å².